The molecule has 1 fully saturated rings. The van der Waals surface area contributed by atoms with Gasteiger partial charge in [0.25, 0.3) is 0 Å². The molecule has 1 aliphatic heterocycles. The second-order valence-electron chi connectivity index (χ2n) is 7.08. The minimum absolute atomic E-state index is 0. The summed E-state index contributed by atoms with van der Waals surface area (Å²) in [5, 5.41) is 10.2. The van der Waals surface area contributed by atoms with E-state index in [2.05, 4.69) is 50.8 Å². The second kappa shape index (κ2) is 8.88. The van der Waals surface area contributed by atoms with E-state index in [4.69, 9.17) is 9.47 Å². The zero-order chi connectivity index (χ0) is 16.2. The fourth-order valence-electron chi connectivity index (χ4n) is 2.75. The maximum Gasteiger partial charge on any atom is 0.126 e. The number of ether oxygens (including phenoxy) is 2. The Morgan fingerprint density at radius 2 is 1.91 bits per heavy atom. The van der Waals surface area contributed by atoms with Crippen LogP contribution >= 0.6 is 12.4 Å². The molecule has 132 valence electrons. The monoisotopic (exact) mass is 343 g/mol. The van der Waals surface area contributed by atoms with Gasteiger partial charge in [0.05, 0.1) is 13.2 Å². The number of rotatable bonds is 5. The Kier molecular flexibility index (Phi) is 7.81. The molecule has 23 heavy (non-hydrogen) atoms. The molecule has 1 unspecified atom stereocenters. The van der Waals surface area contributed by atoms with Crippen LogP contribution < -0.4 is 4.74 Å². The second-order valence-corrected chi connectivity index (χ2v) is 7.08. The lowest BCUT2D eigenvalue weighted by Crippen LogP contribution is -2.42. The van der Waals surface area contributed by atoms with E-state index in [0.29, 0.717) is 13.2 Å². The zero-order valence-electron chi connectivity index (χ0n) is 14.7. The number of nitrogens with zero attached hydrogens (tertiary/aromatic N) is 1. The maximum absolute atomic E-state index is 10.2. The largest absolute Gasteiger partial charge is 0.490 e. The predicted molar refractivity (Wildman–Crippen MR) is 95.9 cm³/mol. The predicted octanol–water partition coefficient (Wildman–Crippen LogP) is 2.79. The Morgan fingerprint density at radius 3 is 2.52 bits per heavy atom. The quantitative estimate of drug-likeness (QED) is 0.892. The van der Waals surface area contributed by atoms with Crippen molar-refractivity contribution in [2.24, 2.45) is 0 Å². The molecule has 2 rings (SSSR count). The summed E-state index contributed by atoms with van der Waals surface area (Å²) in [4.78, 5) is 2.22. The summed E-state index contributed by atoms with van der Waals surface area (Å²) in [6, 6.07) is 6.22. The molecule has 1 N–H and O–H groups in total. The van der Waals surface area contributed by atoms with Crippen molar-refractivity contribution in [2.45, 2.75) is 39.2 Å². The molecule has 1 aromatic rings. The number of aliphatic hydroxyl groups is 1. The van der Waals surface area contributed by atoms with Gasteiger partial charge in [-0.15, -0.1) is 12.4 Å². The topological polar surface area (TPSA) is 41.9 Å². The number of halogens is 1. The number of β-amino-alcohol motifs (C(OH)–C–C–N with tert-alkyl or cyclic N) is 1. The summed E-state index contributed by atoms with van der Waals surface area (Å²) < 4.78 is 11.3. The molecule has 1 aliphatic rings. The highest BCUT2D eigenvalue weighted by molar-refractivity contribution is 5.85. The highest BCUT2D eigenvalue weighted by atomic mass is 35.5. The zero-order valence-corrected chi connectivity index (χ0v) is 15.5. The first-order valence-electron chi connectivity index (χ1n) is 8.09. The molecule has 0 aromatic heterocycles. The van der Waals surface area contributed by atoms with Crippen molar-refractivity contribution < 1.29 is 14.6 Å². The normalized spacial score (nSPS) is 17.4. The molecule has 0 amide bonds. The van der Waals surface area contributed by atoms with Crippen molar-refractivity contribution in [3.8, 4) is 5.75 Å². The van der Waals surface area contributed by atoms with E-state index in [1.165, 1.54) is 5.56 Å². The molecule has 0 spiro atoms. The average Bonchev–Trinajstić information content (AvgIpc) is 2.46. The van der Waals surface area contributed by atoms with E-state index in [-0.39, 0.29) is 17.8 Å². The molecule has 1 atom stereocenters. The number of hydrogen-bond acceptors (Lipinski definition) is 4. The van der Waals surface area contributed by atoms with Gasteiger partial charge in [-0.1, -0.05) is 39.0 Å². The molecule has 1 heterocycles. The van der Waals surface area contributed by atoms with Gasteiger partial charge in [-0.2, -0.15) is 0 Å². The van der Waals surface area contributed by atoms with Crippen LogP contribution in [0.5, 0.6) is 5.75 Å². The Labute approximate surface area is 146 Å². The SMILES string of the molecule is Cc1cccc(C(C)(C)C)c1OCC(O)CN1CCOCC1.Cl. The number of aryl methyl sites for hydroxylation is 1. The number of benzene rings is 1. The van der Waals surface area contributed by atoms with Crippen molar-refractivity contribution in [3.63, 3.8) is 0 Å². The third-order valence-corrected chi connectivity index (χ3v) is 4.01. The first kappa shape index (κ1) is 20.2. The molecular weight excluding hydrogens is 314 g/mol. The first-order chi connectivity index (χ1) is 10.4. The highest BCUT2D eigenvalue weighted by Crippen LogP contribution is 2.33. The number of morpholine rings is 1. The van der Waals surface area contributed by atoms with E-state index >= 15 is 0 Å². The molecule has 1 saturated heterocycles. The van der Waals surface area contributed by atoms with E-state index in [1.807, 2.05) is 0 Å². The Balaban J connectivity index is 0.00000264. The lowest BCUT2D eigenvalue weighted by Gasteiger charge is -2.29. The fraction of sp³-hybridized carbons (Fsp3) is 0.667. The summed E-state index contributed by atoms with van der Waals surface area (Å²) in [5.74, 6) is 0.913. The van der Waals surface area contributed by atoms with E-state index in [1.54, 1.807) is 0 Å². The fourth-order valence-corrected chi connectivity index (χ4v) is 2.75. The Bertz CT molecular complexity index is 482. The van der Waals surface area contributed by atoms with Gasteiger partial charge in [-0.05, 0) is 23.5 Å². The van der Waals surface area contributed by atoms with Crippen LogP contribution in [-0.4, -0.2) is 55.6 Å². The molecule has 4 nitrogen and oxygen atoms in total. The molecule has 0 radical (unpaired) electrons. The molecule has 5 heteroatoms. The van der Waals surface area contributed by atoms with Crippen LogP contribution in [0.4, 0.5) is 0 Å². The standard InChI is InChI=1S/C18H29NO3.ClH/c1-14-6-5-7-16(18(2,3)4)17(14)22-13-15(20)12-19-8-10-21-11-9-19;/h5-7,15,20H,8-13H2,1-4H3;1H. The summed E-state index contributed by atoms with van der Waals surface area (Å²) >= 11 is 0. The molecular formula is C18H30ClNO3. The number of hydrogen-bond donors (Lipinski definition) is 1. The van der Waals surface area contributed by atoms with E-state index < -0.39 is 6.10 Å². The van der Waals surface area contributed by atoms with E-state index in [9.17, 15) is 5.11 Å². The van der Waals surface area contributed by atoms with Crippen LogP contribution in [0.1, 0.15) is 31.9 Å². The van der Waals surface area contributed by atoms with E-state index in [0.717, 1.165) is 37.6 Å². The van der Waals surface area contributed by atoms with Gasteiger partial charge >= 0.3 is 0 Å². The van der Waals surface area contributed by atoms with Gasteiger partial charge in [0.1, 0.15) is 18.5 Å². The lowest BCUT2D eigenvalue weighted by atomic mass is 9.85. The van der Waals surface area contributed by atoms with Gasteiger partial charge in [-0.25, -0.2) is 0 Å². The van der Waals surface area contributed by atoms with Crippen LogP contribution in [0.25, 0.3) is 0 Å². The van der Waals surface area contributed by atoms with Gasteiger partial charge < -0.3 is 14.6 Å². The van der Waals surface area contributed by atoms with Gasteiger partial charge in [-0.3, -0.25) is 4.90 Å². The minimum Gasteiger partial charge on any atom is -0.490 e. The van der Waals surface area contributed by atoms with Crippen LogP contribution in [-0.2, 0) is 10.2 Å². The first-order valence-corrected chi connectivity index (χ1v) is 8.09. The van der Waals surface area contributed by atoms with Gasteiger partial charge in [0, 0.05) is 19.6 Å². The molecule has 0 aliphatic carbocycles. The smallest absolute Gasteiger partial charge is 0.126 e. The molecule has 0 saturated carbocycles. The molecule has 1 aromatic carbocycles. The maximum atomic E-state index is 10.2. The van der Waals surface area contributed by atoms with Crippen molar-refractivity contribution in [1.29, 1.82) is 0 Å². The van der Waals surface area contributed by atoms with Crippen molar-refractivity contribution in [3.05, 3.63) is 29.3 Å². The summed E-state index contributed by atoms with van der Waals surface area (Å²) in [7, 11) is 0. The number of para-hydroxylation sites is 1. The third kappa shape index (κ3) is 5.96. The highest BCUT2D eigenvalue weighted by Gasteiger charge is 2.21. The van der Waals surface area contributed by atoms with Crippen LogP contribution in [0, 0.1) is 6.92 Å². The lowest BCUT2D eigenvalue weighted by molar-refractivity contribution is 0.00444. The summed E-state index contributed by atoms with van der Waals surface area (Å²) in [6.45, 7) is 12.8. The minimum atomic E-state index is -0.481. The number of aliphatic hydroxyl groups excluding tert-OH is 1. The Hall–Kier alpha value is -0.810. The third-order valence-electron chi connectivity index (χ3n) is 4.01. The Morgan fingerprint density at radius 1 is 1.26 bits per heavy atom. The summed E-state index contributed by atoms with van der Waals surface area (Å²) in [6.07, 6.45) is -0.481. The van der Waals surface area contributed by atoms with Crippen molar-refractivity contribution in [2.75, 3.05) is 39.5 Å². The van der Waals surface area contributed by atoms with Crippen molar-refractivity contribution in [1.82, 2.24) is 4.90 Å². The van der Waals surface area contributed by atoms with Gasteiger partial charge in [0.15, 0.2) is 0 Å². The van der Waals surface area contributed by atoms with Crippen LogP contribution in [0.15, 0.2) is 18.2 Å². The average molecular weight is 344 g/mol. The van der Waals surface area contributed by atoms with Crippen molar-refractivity contribution >= 4 is 12.4 Å². The van der Waals surface area contributed by atoms with Gasteiger partial charge in [0.2, 0.25) is 0 Å². The summed E-state index contributed by atoms with van der Waals surface area (Å²) in [5.41, 5.74) is 2.33. The van der Waals surface area contributed by atoms with Crippen LogP contribution in [0.3, 0.4) is 0 Å². The van der Waals surface area contributed by atoms with Crippen LogP contribution in [0.2, 0.25) is 0 Å². The molecule has 0 bridgehead atoms.